The Kier molecular flexibility index (Phi) is 4.44. The number of nitrogens with zero attached hydrogens (tertiary/aromatic N) is 1. The van der Waals surface area contributed by atoms with E-state index in [1.807, 2.05) is 0 Å². The van der Waals surface area contributed by atoms with E-state index in [1.165, 1.54) is 6.07 Å². The summed E-state index contributed by atoms with van der Waals surface area (Å²) in [4.78, 5) is 12.9. The summed E-state index contributed by atoms with van der Waals surface area (Å²) >= 11 is 0. The van der Waals surface area contributed by atoms with E-state index in [9.17, 15) is 14.3 Å². The first kappa shape index (κ1) is 14.6. The summed E-state index contributed by atoms with van der Waals surface area (Å²) in [5.41, 5.74) is 5.54. The maximum atomic E-state index is 14.1. The van der Waals surface area contributed by atoms with Gasteiger partial charge in [0.05, 0.1) is 17.9 Å². The lowest BCUT2D eigenvalue weighted by Gasteiger charge is -2.31. The maximum absolute atomic E-state index is 14.1. The number of hydrogen-bond acceptors (Lipinski definition) is 4. The molecule has 0 aromatic heterocycles. The van der Waals surface area contributed by atoms with Crippen LogP contribution in [0.3, 0.4) is 0 Å². The standard InChI is InChI=1S/C14H19FN2O3/c15-11-8-12(16)10(14(19)20)7-13(11)17(5-6-18)9-3-1-2-4-9/h7-9,18H,1-6,16H2,(H,19,20). The molecule has 0 aliphatic heterocycles. The normalized spacial score (nSPS) is 15.5. The Balaban J connectivity index is 2.41. The van der Waals surface area contributed by atoms with Crippen molar-refractivity contribution in [1.82, 2.24) is 0 Å². The van der Waals surface area contributed by atoms with Crippen molar-refractivity contribution in [3.05, 3.63) is 23.5 Å². The maximum Gasteiger partial charge on any atom is 0.337 e. The zero-order chi connectivity index (χ0) is 14.7. The lowest BCUT2D eigenvalue weighted by Crippen LogP contribution is -2.36. The van der Waals surface area contributed by atoms with Gasteiger partial charge in [-0.25, -0.2) is 9.18 Å². The molecule has 0 saturated heterocycles. The lowest BCUT2D eigenvalue weighted by atomic mass is 10.1. The van der Waals surface area contributed by atoms with Gasteiger partial charge in [-0.1, -0.05) is 12.8 Å². The van der Waals surface area contributed by atoms with Crippen LogP contribution in [0, 0.1) is 5.82 Å². The van der Waals surface area contributed by atoms with E-state index in [0.29, 0.717) is 0 Å². The van der Waals surface area contributed by atoms with Crippen LogP contribution in [-0.4, -0.2) is 35.4 Å². The van der Waals surface area contributed by atoms with Crippen molar-refractivity contribution in [2.75, 3.05) is 23.8 Å². The summed E-state index contributed by atoms with van der Waals surface area (Å²) in [7, 11) is 0. The van der Waals surface area contributed by atoms with Crippen LogP contribution < -0.4 is 10.6 Å². The molecule has 0 amide bonds. The van der Waals surface area contributed by atoms with Crippen LogP contribution in [-0.2, 0) is 0 Å². The monoisotopic (exact) mass is 282 g/mol. The molecule has 0 atom stereocenters. The summed E-state index contributed by atoms with van der Waals surface area (Å²) in [6, 6.07) is 2.45. The molecule has 20 heavy (non-hydrogen) atoms. The second-order valence-corrected chi connectivity index (χ2v) is 5.05. The third-order valence-corrected chi connectivity index (χ3v) is 3.77. The number of nitrogens with two attached hydrogens (primary N) is 1. The smallest absolute Gasteiger partial charge is 0.337 e. The van der Waals surface area contributed by atoms with Crippen molar-refractivity contribution in [2.24, 2.45) is 0 Å². The average Bonchev–Trinajstić information content (AvgIpc) is 2.90. The molecular weight excluding hydrogens is 263 g/mol. The highest BCUT2D eigenvalue weighted by Crippen LogP contribution is 2.32. The molecule has 5 nitrogen and oxygen atoms in total. The average molecular weight is 282 g/mol. The van der Waals surface area contributed by atoms with E-state index in [1.54, 1.807) is 4.90 Å². The Bertz CT molecular complexity index is 501. The van der Waals surface area contributed by atoms with E-state index in [0.717, 1.165) is 31.7 Å². The molecule has 0 radical (unpaired) electrons. The van der Waals surface area contributed by atoms with Gasteiger partial charge in [0.1, 0.15) is 5.82 Å². The molecule has 1 fully saturated rings. The number of rotatable bonds is 5. The van der Waals surface area contributed by atoms with E-state index in [-0.39, 0.29) is 36.1 Å². The predicted molar refractivity (Wildman–Crippen MR) is 74.5 cm³/mol. The number of benzene rings is 1. The summed E-state index contributed by atoms with van der Waals surface area (Å²) in [6.45, 7) is 0.174. The van der Waals surface area contributed by atoms with Crippen LogP contribution in [0.25, 0.3) is 0 Å². The number of carbonyl (C=O) groups is 1. The molecule has 2 rings (SSSR count). The first-order valence-electron chi connectivity index (χ1n) is 6.74. The number of carboxylic acid groups (broad SMARTS) is 1. The number of halogens is 1. The van der Waals surface area contributed by atoms with Gasteiger partial charge in [0.2, 0.25) is 0 Å². The summed E-state index contributed by atoms with van der Waals surface area (Å²) in [5.74, 6) is -1.73. The quantitative estimate of drug-likeness (QED) is 0.717. The number of nitrogen functional groups attached to an aromatic ring is 1. The molecule has 0 heterocycles. The van der Waals surface area contributed by atoms with Crippen molar-refractivity contribution in [3.8, 4) is 0 Å². The van der Waals surface area contributed by atoms with Crippen LogP contribution >= 0.6 is 0 Å². The van der Waals surface area contributed by atoms with Crippen LogP contribution in [0.1, 0.15) is 36.0 Å². The molecule has 1 aromatic rings. The van der Waals surface area contributed by atoms with Gasteiger partial charge in [-0.15, -0.1) is 0 Å². The number of anilines is 2. The van der Waals surface area contributed by atoms with E-state index >= 15 is 0 Å². The molecule has 0 spiro atoms. The largest absolute Gasteiger partial charge is 0.478 e. The zero-order valence-corrected chi connectivity index (χ0v) is 11.2. The van der Waals surface area contributed by atoms with Gasteiger partial charge in [0, 0.05) is 18.3 Å². The zero-order valence-electron chi connectivity index (χ0n) is 11.2. The molecular formula is C14H19FN2O3. The van der Waals surface area contributed by atoms with Crippen LogP contribution in [0.4, 0.5) is 15.8 Å². The van der Waals surface area contributed by atoms with Gasteiger partial charge < -0.3 is 20.8 Å². The van der Waals surface area contributed by atoms with E-state index in [4.69, 9.17) is 10.8 Å². The molecule has 1 aliphatic carbocycles. The van der Waals surface area contributed by atoms with Crippen molar-refractivity contribution >= 4 is 17.3 Å². The van der Waals surface area contributed by atoms with E-state index < -0.39 is 11.8 Å². The summed E-state index contributed by atoms with van der Waals surface area (Å²) < 4.78 is 14.1. The first-order valence-corrected chi connectivity index (χ1v) is 6.74. The fraction of sp³-hybridized carbons (Fsp3) is 0.500. The molecule has 4 N–H and O–H groups in total. The molecule has 110 valence electrons. The highest BCUT2D eigenvalue weighted by atomic mass is 19.1. The SMILES string of the molecule is Nc1cc(F)c(N(CCO)C2CCCC2)cc1C(=O)O. The Morgan fingerprint density at radius 1 is 1.40 bits per heavy atom. The molecule has 6 heteroatoms. The third-order valence-electron chi connectivity index (χ3n) is 3.77. The van der Waals surface area contributed by atoms with Gasteiger partial charge in [0.15, 0.2) is 0 Å². The van der Waals surface area contributed by atoms with Gasteiger partial charge in [-0.3, -0.25) is 0 Å². The van der Waals surface area contributed by atoms with Gasteiger partial charge in [0.25, 0.3) is 0 Å². The molecule has 1 saturated carbocycles. The number of aliphatic hydroxyl groups excluding tert-OH is 1. The first-order chi connectivity index (χ1) is 9.54. The van der Waals surface area contributed by atoms with Crippen LogP contribution in [0.5, 0.6) is 0 Å². The minimum Gasteiger partial charge on any atom is -0.478 e. The third kappa shape index (κ3) is 2.85. The van der Waals surface area contributed by atoms with Gasteiger partial charge >= 0.3 is 5.97 Å². The van der Waals surface area contributed by atoms with Crippen molar-refractivity contribution in [2.45, 2.75) is 31.7 Å². The topological polar surface area (TPSA) is 86.8 Å². The van der Waals surface area contributed by atoms with Gasteiger partial charge in [-0.05, 0) is 25.0 Å². The van der Waals surface area contributed by atoms with Crippen molar-refractivity contribution in [1.29, 1.82) is 0 Å². The number of carboxylic acids is 1. The molecule has 0 bridgehead atoms. The minimum atomic E-state index is -1.18. The molecule has 1 aliphatic rings. The van der Waals surface area contributed by atoms with Gasteiger partial charge in [-0.2, -0.15) is 0 Å². The Morgan fingerprint density at radius 3 is 2.60 bits per heavy atom. The Hall–Kier alpha value is -1.82. The second-order valence-electron chi connectivity index (χ2n) is 5.05. The number of hydrogen-bond donors (Lipinski definition) is 3. The van der Waals surface area contributed by atoms with Crippen molar-refractivity contribution < 1.29 is 19.4 Å². The summed E-state index contributed by atoms with van der Waals surface area (Å²) in [6.07, 6.45) is 3.97. The second kappa shape index (κ2) is 6.09. The molecule has 0 unspecified atom stereocenters. The van der Waals surface area contributed by atoms with Crippen LogP contribution in [0.2, 0.25) is 0 Å². The highest BCUT2D eigenvalue weighted by Gasteiger charge is 2.26. The predicted octanol–water partition coefficient (Wildman–Crippen LogP) is 1.85. The number of aromatic carboxylic acids is 1. The molecule has 1 aromatic carbocycles. The Morgan fingerprint density at radius 2 is 2.05 bits per heavy atom. The summed E-state index contributed by atoms with van der Waals surface area (Å²) in [5, 5.41) is 18.3. The Labute approximate surface area is 116 Å². The highest BCUT2D eigenvalue weighted by molar-refractivity contribution is 5.95. The van der Waals surface area contributed by atoms with E-state index in [2.05, 4.69) is 0 Å². The minimum absolute atomic E-state index is 0.0888. The fourth-order valence-electron chi connectivity index (χ4n) is 2.81. The van der Waals surface area contributed by atoms with Crippen LogP contribution in [0.15, 0.2) is 12.1 Å². The van der Waals surface area contributed by atoms with Crippen molar-refractivity contribution in [3.63, 3.8) is 0 Å². The lowest BCUT2D eigenvalue weighted by molar-refractivity contribution is 0.0698. The number of aliphatic hydroxyl groups is 1. The fourth-order valence-corrected chi connectivity index (χ4v) is 2.81.